The van der Waals surface area contributed by atoms with E-state index in [0.29, 0.717) is 0 Å². The second kappa shape index (κ2) is 8.05. The van der Waals surface area contributed by atoms with Crippen LogP contribution in [0.15, 0.2) is 83.1 Å². The molecule has 0 aliphatic heterocycles. The summed E-state index contributed by atoms with van der Waals surface area (Å²) >= 11 is 0. The molecule has 0 aromatic heterocycles. The molecular formula is C18H21N2O5PS2. The molecule has 0 atom stereocenters. The molecule has 10 heteroatoms. The molecule has 0 saturated carbocycles. The lowest BCUT2D eigenvalue weighted by atomic mass is 10.3. The van der Waals surface area contributed by atoms with Gasteiger partial charge in [-0.2, -0.15) is 0 Å². The summed E-state index contributed by atoms with van der Waals surface area (Å²) in [6.45, 7) is 7.10. The number of rotatable bonds is 8. The first-order valence-electron chi connectivity index (χ1n) is 7.99. The van der Waals surface area contributed by atoms with Crippen LogP contribution >= 0.6 is 7.14 Å². The van der Waals surface area contributed by atoms with E-state index in [9.17, 15) is 21.4 Å². The first-order chi connectivity index (χ1) is 13.0. The van der Waals surface area contributed by atoms with Gasteiger partial charge < -0.3 is 4.57 Å². The van der Waals surface area contributed by atoms with Crippen LogP contribution in [0, 0.1) is 0 Å². The van der Waals surface area contributed by atoms with Crippen molar-refractivity contribution >= 4 is 38.2 Å². The molecule has 0 aliphatic rings. The Hall–Kier alpha value is -2.19. The Morgan fingerprint density at radius 2 is 1.39 bits per heavy atom. The first-order valence-corrected chi connectivity index (χ1v) is 12.8. The van der Waals surface area contributed by atoms with Gasteiger partial charge in [-0.15, -0.1) is 0 Å². The Morgan fingerprint density at radius 3 is 1.89 bits per heavy atom. The number of sulfonamides is 2. The number of hydrogen-bond donors (Lipinski definition) is 1. The number of nitrogens with zero attached hydrogens (tertiary/aromatic N) is 1. The molecule has 0 spiro atoms. The van der Waals surface area contributed by atoms with Crippen LogP contribution in [0.3, 0.4) is 0 Å². The summed E-state index contributed by atoms with van der Waals surface area (Å²) < 4.78 is 66.0. The Labute approximate surface area is 165 Å². The maximum Gasteiger partial charge on any atom is 0.261 e. The summed E-state index contributed by atoms with van der Waals surface area (Å²) in [5, 5.41) is 0.260. The van der Waals surface area contributed by atoms with Gasteiger partial charge in [0.25, 0.3) is 10.0 Å². The van der Waals surface area contributed by atoms with Gasteiger partial charge in [-0.25, -0.2) is 21.1 Å². The largest absolute Gasteiger partial charge is 0.310 e. The lowest BCUT2D eigenvalue weighted by Crippen LogP contribution is -2.22. The fourth-order valence-electron chi connectivity index (χ4n) is 2.34. The van der Waals surface area contributed by atoms with Gasteiger partial charge in [0.15, 0.2) is 7.14 Å². The van der Waals surface area contributed by atoms with Gasteiger partial charge in [0.1, 0.15) is 0 Å². The number of benzene rings is 2. The lowest BCUT2D eigenvalue weighted by Gasteiger charge is -2.16. The number of anilines is 1. The summed E-state index contributed by atoms with van der Waals surface area (Å²) in [6, 6.07) is 11.1. The smallest absolute Gasteiger partial charge is 0.261 e. The van der Waals surface area contributed by atoms with Crippen molar-refractivity contribution in [1.29, 1.82) is 0 Å². The SMILES string of the molecule is C=CP(=O)(C=C)c1ccccc1NS(=O)(=O)c1ccc(S(=O)(=O)N(C)C)cc1. The molecule has 28 heavy (non-hydrogen) atoms. The highest BCUT2D eigenvalue weighted by molar-refractivity contribution is 7.93. The first kappa shape index (κ1) is 22.1. The summed E-state index contributed by atoms with van der Waals surface area (Å²) in [7, 11) is -8.12. The van der Waals surface area contributed by atoms with Crippen LogP contribution in [-0.2, 0) is 24.6 Å². The molecule has 150 valence electrons. The van der Waals surface area contributed by atoms with E-state index in [2.05, 4.69) is 17.9 Å². The highest BCUT2D eigenvalue weighted by Crippen LogP contribution is 2.48. The van der Waals surface area contributed by atoms with Gasteiger partial charge in [0, 0.05) is 19.4 Å². The van der Waals surface area contributed by atoms with Gasteiger partial charge in [-0.05, 0) is 48.0 Å². The number of nitrogens with one attached hydrogen (secondary N) is 1. The van der Waals surface area contributed by atoms with Crippen molar-refractivity contribution in [3.8, 4) is 0 Å². The van der Waals surface area contributed by atoms with E-state index in [1.807, 2.05) is 0 Å². The maximum absolute atomic E-state index is 12.9. The molecule has 1 N–H and O–H groups in total. The molecule has 2 aromatic rings. The van der Waals surface area contributed by atoms with Crippen molar-refractivity contribution in [2.24, 2.45) is 0 Å². The molecule has 0 unspecified atom stereocenters. The molecule has 0 saturated heterocycles. The van der Waals surface area contributed by atoms with Crippen molar-refractivity contribution in [2.75, 3.05) is 18.8 Å². The van der Waals surface area contributed by atoms with E-state index in [1.54, 1.807) is 12.1 Å². The van der Waals surface area contributed by atoms with Gasteiger partial charge in [-0.3, -0.25) is 4.72 Å². The molecule has 0 fully saturated rings. The van der Waals surface area contributed by atoms with Gasteiger partial charge >= 0.3 is 0 Å². The van der Waals surface area contributed by atoms with Gasteiger partial charge in [0.2, 0.25) is 10.0 Å². The van der Waals surface area contributed by atoms with Crippen molar-refractivity contribution < 1.29 is 21.4 Å². The molecule has 0 heterocycles. The average Bonchev–Trinajstić information content (AvgIpc) is 2.67. The van der Waals surface area contributed by atoms with Gasteiger partial charge in [-0.1, -0.05) is 25.3 Å². The van der Waals surface area contributed by atoms with Crippen LogP contribution in [0.5, 0.6) is 0 Å². The quantitative estimate of drug-likeness (QED) is 0.636. The maximum atomic E-state index is 12.9. The minimum Gasteiger partial charge on any atom is -0.310 e. The number of hydrogen-bond acceptors (Lipinski definition) is 5. The zero-order valence-electron chi connectivity index (χ0n) is 15.4. The zero-order valence-corrected chi connectivity index (χ0v) is 18.0. The van der Waals surface area contributed by atoms with E-state index in [4.69, 9.17) is 0 Å². The van der Waals surface area contributed by atoms with Crippen molar-refractivity contribution in [2.45, 2.75) is 9.79 Å². The summed E-state index contributed by atoms with van der Waals surface area (Å²) in [6.07, 6.45) is 0. The Balaban J connectivity index is 2.45. The van der Waals surface area contributed by atoms with Gasteiger partial charge in [0.05, 0.1) is 15.5 Å². The Kier molecular flexibility index (Phi) is 6.35. The fourth-order valence-corrected chi connectivity index (χ4v) is 5.77. The monoisotopic (exact) mass is 440 g/mol. The Bertz CT molecular complexity index is 1140. The molecule has 2 aromatic carbocycles. The van der Waals surface area contributed by atoms with Crippen LogP contribution in [0.2, 0.25) is 0 Å². The second-order valence-corrected chi connectivity index (χ2v) is 12.4. The lowest BCUT2D eigenvalue weighted by molar-refractivity contribution is 0.520. The molecule has 7 nitrogen and oxygen atoms in total. The highest BCUT2D eigenvalue weighted by atomic mass is 32.2. The van der Waals surface area contributed by atoms with E-state index in [1.165, 1.54) is 62.1 Å². The zero-order chi connectivity index (χ0) is 21.2. The molecular weight excluding hydrogens is 419 g/mol. The predicted octanol–water partition coefficient (Wildman–Crippen LogP) is 3.01. The minimum atomic E-state index is -4.04. The van der Waals surface area contributed by atoms with Crippen LogP contribution in [0.25, 0.3) is 0 Å². The Morgan fingerprint density at radius 1 is 0.893 bits per heavy atom. The topological polar surface area (TPSA) is 101 Å². The van der Waals surface area contributed by atoms with E-state index in [0.717, 1.165) is 4.31 Å². The molecule has 0 aliphatic carbocycles. The van der Waals surface area contributed by atoms with Crippen LogP contribution < -0.4 is 10.0 Å². The summed E-state index contributed by atoms with van der Waals surface area (Å²) in [5.74, 6) is 2.49. The third-order valence-corrected chi connectivity index (χ3v) is 9.42. The number of para-hydroxylation sites is 1. The fraction of sp³-hybridized carbons (Fsp3) is 0.111. The summed E-state index contributed by atoms with van der Waals surface area (Å²) in [4.78, 5) is -0.160. The minimum absolute atomic E-state index is 0.0281. The normalized spacial score (nSPS) is 12.5. The molecule has 0 radical (unpaired) electrons. The molecule has 0 amide bonds. The average molecular weight is 440 g/mol. The highest BCUT2D eigenvalue weighted by Gasteiger charge is 2.24. The van der Waals surface area contributed by atoms with E-state index < -0.39 is 27.2 Å². The van der Waals surface area contributed by atoms with E-state index >= 15 is 0 Å². The molecule has 2 rings (SSSR count). The third-order valence-electron chi connectivity index (χ3n) is 3.98. The van der Waals surface area contributed by atoms with Crippen molar-refractivity contribution in [3.63, 3.8) is 0 Å². The third kappa shape index (κ3) is 4.28. The molecule has 0 bridgehead atoms. The second-order valence-electron chi connectivity index (χ2n) is 5.96. The summed E-state index contributed by atoms with van der Waals surface area (Å²) in [5.41, 5.74) is 0.135. The standard InChI is InChI=1S/C18H21N2O5PS2/c1-5-26(21,6-2)18-10-8-7-9-17(18)19-27(22,23)15-11-13-16(14-12-15)28(24,25)20(3)4/h5-14,19H,1-2H2,3-4H3. The van der Waals surface area contributed by atoms with Crippen LogP contribution in [-0.4, -0.2) is 35.2 Å². The van der Waals surface area contributed by atoms with E-state index in [-0.39, 0.29) is 20.8 Å². The van der Waals surface area contributed by atoms with Crippen LogP contribution in [0.1, 0.15) is 0 Å². The van der Waals surface area contributed by atoms with Crippen LogP contribution in [0.4, 0.5) is 5.69 Å². The van der Waals surface area contributed by atoms with Crippen molar-refractivity contribution in [1.82, 2.24) is 4.31 Å². The van der Waals surface area contributed by atoms with Crippen molar-refractivity contribution in [3.05, 3.63) is 73.3 Å². The predicted molar refractivity (Wildman–Crippen MR) is 112 cm³/mol.